The van der Waals surface area contributed by atoms with E-state index in [1.54, 1.807) is 38.1 Å². The second-order valence-corrected chi connectivity index (χ2v) is 9.26. The van der Waals surface area contributed by atoms with Crippen LogP contribution in [-0.4, -0.2) is 40.6 Å². The molecular formula is C18H20O8S2. The van der Waals surface area contributed by atoms with E-state index in [2.05, 4.69) is 0 Å². The molecule has 0 fully saturated rings. The van der Waals surface area contributed by atoms with Crippen molar-refractivity contribution in [1.82, 2.24) is 0 Å². The summed E-state index contributed by atoms with van der Waals surface area (Å²) in [5, 5.41) is 9.21. The van der Waals surface area contributed by atoms with Gasteiger partial charge in [0.2, 0.25) is 0 Å². The molecule has 28 heavy (non-hydrogen) atoms. The smallest absolute Gasteiger partial charge is 0.334 e. The second-order valence-electron chi connectivity index (χ2n) is 6.07. The minimum absolute atomic E-state index is 0.0850. The number of hydrogen-bond acceptors (Lipinski definition) is 7. The van der Waals surface area contributed by atoms with E-state index in [1.807, 2.05) is 0 Å². The lowest BCUT2D eigenvalue weighted by molar-refractivity contribution is -0.145. The van der Waals surface area contributed by atoms with Gasteiger partial charge in [0.1, 0.15) is 0 Å². The predicted molar refractivity (Wildman–Crippen MR) is 99.8 cm³/mol. The molecule has 2 rings (SSSR count). The van der Waals surface area contributed by atoms with E-state index in [4.69, 9.17) is 8.37 Å². The Balaban J connectivity index is 2.04. The largest absolute Gasteiger partial charge is 0.479 e. The Morgan fingerprint density at radius 3 is 1.71 bits per heavy atom. The number of rotatable bonds is 9. The van der Waals surface area contributed by atoms with Crippen LogP contribution in [0.3, 0.4) is 0 Å². The molecular weight excluding hydrogens is 408 g/mol. The first-order chi connectivity index (χ1) is 13.0. The lowest BCUT2D eigenvalue weighted by Gasteiger charge is -2.14. The van der Waals surface area contributed by atoms with Crippen LogP contribution in [0, 0.1) is 13.8 Å². The van der Waals surface area contributed by atoms with E-state index in [1.165, 1.54) is 24.3 Å². The average Bonchev–Trinajstić information content (AvgIpc) is 2.61. The Labute approximate surface area is 164 Å². The van der Waals surface area contributed by atoms with Gasteiger partial charge in [0, 0.05) is 6.42 Å². The monoisotopic (exact) mass is 428 g/mol. The van der Waals surface area contributed by atoms with Gasteiger partial charge in [-0.15, -0.1) is 0 Å². The van der Waals surface area contributed by atoms with E-state index in [0.717, 1.165) is 11.1 Å². The van der Waals surface area contributed by atoms with Gasteiger partial charge < -0.3 is 5.11 Å². The van der Waals surface area contributed by atoms with Gasteiger partial charge >= 0.3 is 5.97 Å². The molecule has 2 aromatic carbocycles. The molecule has 10 heteroatoms. The van der Waals surface area contributed by atoms with Crippen LogP contribution in [0.4, 0.5) is 0 Å². The maximum Gasteiger partial charge on any atom is 0.334 e. The summed E-state index contributed by atoms with van der Waals surface area (Å²) in [5.41, 5.74) is 1.68. The molecule has 8 nitrogen and oxygen atoms in total. The molecule has 0 aliphatic heterocycles. The molecule has 0 amide bonds. The van der Waals surface area contributed by atoms with E-state index in [0.29, 0.717) is 0 Å². The molecule has 0 spiro atoms. The highest BCUT2D eigenvalue weighted by molar-refractivity contribution is 7.87. The summed E-state index contributed by atoms with van der Waals surface area (Å²) in [6, 6.07) is 11.6. The maximum atomic E-state index is 12.2. The van der Waals surface area contributed by atoms with E-state index in [-0.39, 0.29) is 9.79 Å². The number of carboxylic acid groups (broad SMARTS) is 1. The minimum Gasteiger partial charge on any atom is -0.479 e. The Hall–Kier alpha value is -2.27. The molecule has 0 aromatic heterocycles. The molecule has 2 aromatic rings. The molecule has 0 saturated carbocycles. The fourth-order valence-corrected chi connectivity index (χ4v) is 4.15. The number of aryl methyl sites for hydroxylation is 2. The summed E-state index contributed by atoms with van der Waals surface area (Å²) in [6.07, 6.45) is -2.27. The number of aliphatic carboxylic acids is 1. The van der Waals surface area contributed by atoms with Gasteiger partial charge in [-0.3, -0.25) is 8.37 Å². The van der Waals surface area contributed by atoms with Crippen molar-refractivity contribution in [3.63, 3.8) is 0 Å². The van der Waals surface area contributed by atoms with Crippen LogP contribution in [0.1, 0.15) is 17.5 Å². The number of benzene rings is 2. The highest BCUT2D eigenvalue weighted by atomic mass is 32.2. The quantitative estimate of drug-likeness (QED) is 0.603. The van der Waals surface area contributed by atoms with Crippen LogP contribution in [0.5, 0.6) is 0 Å². The van der Waals surface area contributed by atoms with E-state index >= 15 is 0 Å². The summed E-state index contributed by atoms with van der Waals surface area (Å²) >= 11 is 0. The molecule has 1 unspecified atom stereocenters. The molecule has 0 aliphatic rings. The first-order valence-electron chi connectivity index (χ1n) is 8.20. The van der Waals surface area contributed by atoms with Crippen molar-refractivity contribution in [2.45, 2.75) is 36.2 Å². The van der Waals surface area contributed by atoms with Crippen molar-refractivity contribution in [3.8, 4) is 0 Å². The van der Waals surface area contributed by atoms with Crippen molar-refractivity contribution in [3.05, 3.63) is 59.7 Å². The third-order valence-electron chi connectivity index (χ3n) is 3.76. The van der Waals surface area contributed by atoms with Gasteiger partial charge in [0.25, 0.3) is 20.2 Å². The third-order valence-corrected chi connectivity index (χ3v) is 6.42. The van der Waals surface area contributed by atoms with Gasteiger partial charge in [-0.2, -0.15) is 16.8 Å². The van der Waals surface area contributed by atoms with Crippen LogP contribution in [0.15, 0.2) is 58.3 Å². The summed E-state index contributed by atoms with van der Waals surface area (Å²) in [5.74, 6) is -1.55. The van der Waals surface area contributed by atoms with Gasteiger partial charge in [-0.25, -0.2) is 4.79 Å². The van der Waals surface area contributed by atoms with E-state index in [9.17, 15) is 26.7 Å². The van der Waals surface area contributed by atoms with Gasteiger partial charge in [-0.05, 0) is 38.1 Å². The standard InChI is InChI=1S/C18H20O8S2/c1-13-3-7-15(8-4-13)27(21,22)25-12-11-17(18(19)20)26-28(23,24)16-9-5-14(2)6-10-16/h3-10,17H,11-12H2,1-2H3,(H,19,20). The fourth-order valence-electron chi connectivity index (χ4n) is 2.16. The zero-order chi connectivity index (χ0) is 20.9. The maximum absolute atomic E-state index is 12.2. The zero-order valence-corrected chi connectivity index (χ0v) is 16.9. The van der Waals surface area contributed by atoms with Crippen molar-refractivity contribution in [1.29, 1.82) is 0 Å². The number of hydrogen-bond donors (Lipinski definition) is 1. The van der Waals surface area contributed by atoms with Crippen LogP contribution in [-0.2, 0) is 33.4 Å². The minimum atomic E-state index is -4.33. The Morgan fingerprint density at radius 2 is 1.29 bits per heavy atom. The summed E-state index contributed by atoms with van der Waals surface area (Å²) < 4.78 is 58.2. The van der Waals surface area contributed by atoms with Crippen molar-refractivity contribution in [2.75, 3.05) is 6.61 Å². The van der Waals surface area contributed by atoms with E-state index < -0.39 is 45.3 Å². The van der Waals surface area contributed by atoms with Crippen molar-refractivity contribution in [2.24, 2.45) is 0 Å². The topological polar surface area (TPSA) is 124 Å². The molecule has 0 heterocycles. The lowest BCUT2D eigenvalue weighted by atomic mass is 10.2. The van der Waals surface area contributed by atoms with Gasteiger partial charge in [0.05, 0.1) is 16.4 Å². The molecule has 0 saturated heterocycles. The first kappa shape index (κ1) is 22.0. The molecule has 1 atom stereocenters. The second kappa shape index (κ2) is 8.82. The SMILES string of the molecule is Cc1ccc(S(=O)(=O)OCCC(OS(=O)(=O)c2ccc(C)cc2)C(=O)O)cc1. The van der Waals surface area contributed by atoms with Gasteiger partial charge in [-0.1, -0.05) is 35.4 Å². The molecule has 0 bridgehead atoms. The van der Waals surface area contributed by atoms with Gasteiger partial charge in [0.15, 0.2) is 6.10 Å². The van der Waals surface area contributed by atoms with Crippen molar-refractivity contribution >= 4 is 26.2 Å². The normalized spacial score (nSPS) is 13.2. The average molecular weight is 428 g/mol. The Kier molecular flexibility index (Phi) is 6.94. The Morgan fingerprint density at radius 1 is 0.857 bits per heavy atom. The first-order valence-corrected chi connectivity index (χ1v) is 11.0. The predicted octanol–water partition coefficient (Wildman–Crippen LogP) is 2.26. The number of carbonyl (C=O) groups is 1. The highest BCUT2D eigenvalue weighted by Gasteiger charge is 2.28. The summed E-state index contributed by atoms with van der Waals surface area (Å²) in [4.78, 5) is 11.0. The summed E-state index contributed by atoms with van der Waals surface area (Å²) in [7, 11) is -8.43. The van der Waals surface area contributed by atoms with Crippen LogP contribution in [0.2, 0.25) is 0 Å². The zero-order valence-electron chi connectivity index (χ0n) is 15.2. The third kappa shape index (κ3) is 5.86. The molecule has 0 radical (unpaired) electrons. The molecule has 1 N–H and O–H groups in total. The van der Waals surface area contributed by atoms with Crippen LogP contribution in [0.25, 0.3) is 0 Å². The molecule has 152 valence electrons. The lowest BCUT2D eigenvalue weighted by Crippen LogP contribution is -2.29. The number of carboxylic acids is 1. The van der Waals surface area contributed by atoms with Crippen LogP contribution < -0.4 is 0 Å². The Bertz CT molecular complexity index is 1020. The molecule has 0 aliphatic carbocycles. The van der Waals surface area contributed by atoms with Crippen molar-refractivity contribution < 1.29 is 35.1 Å². The highest BCUT2D eigenvalue weighted by Crippen LogP contribution is 2.18. The van der Waals surface area contributed by atoms with Crippen LogP contribution >= 0.6 is 0 Å². The summed E-state index contributed by atoms with van der Waals surface area (Å²) in [6.45, 7) is 3.00. The fraction of sp³-hybridized carbons (Fsp3) is 0.278.